The van der Waals surface area contributed by atoms with Gasteiger partial charge in [0.15, 0.2) is 0 Å². The minimum atomic E-state index is -4.32. The fourth-order valence-electron chi connectivity index (χ4n) is 4.91. The molecular formula is C36H72N2O6P+. The van der Waals surface area contributed by atoms with Gasteiger partial charge in [-0.3, -0.25) is 13.8 Å². The Hall–Kier alpha value is -1.02. The molecule has 0 rings (SSSR count). The molecule has 0 aliphatic rings. The number of carbonyl (C=O) groups excluding carboxylic acids is 1. The van der Waals surface area contributed by atoms with Crippen LogP contribution >= 0.6 is 7.82 Å². The molecule has 0 aliphatic heterocycles. The molecule has 3 atom stereocenters. The number of aliphatic hydroxyl groups is 1. The van der Waals surface area contributed by atoms with Crippen molar-refractivity contribution in [3.05, 3.63) is 24.3 Å². The number of aliphatic hydroxyl groups excluding tert-OH is 1. The summed E-state index contributed by atoms with van der Waals surface area (Å²) in [6.07, 6.45) is 31.0. The van der Waals surface area contributed by atoms with Gasteiger partial charge in [0, 0.05) is 6.42 Å². The lowest BCUT2D eigenvalue weighted by molar-refractivity contribution is -0.870. The van der Waals surface area contributed by atoms with E-state index in [4.69, 9.17) is 9.05 Å². The van der Waals surface area contributed by atoms with Gasteiger partial charge in [0.2, 0.25) is 5.91 Å². The van der Waals surface area contributed by atoms with Gasteiger partial charge >= 0.3 is 7.82 Å². The number of phosphoric acid groups is 1. The zero-order chi connectivity index (χ0) is 33.7. The molecule has 0 saturated carbocycles. The fraction of sp³-hybridized carbons (Fsp3) is 0.861. The van der Waals surface area contributed by atoms with Gasteiger partial charge in [0.1, 0.15) is 13.2 Å². The van der Waals surface area contributed by atoms with E-state index in [9.17, 15) is 19.4 Å². The van der Waals surface area contributed by atoms with Crippen molar-refractivity contribution < 1.29 is 32.9 Å². The Morgan fingerprint density at radius 2 is 1.20 bits per heavy atom. The highest BCUT2D eigenvalue weighted by molar-refractivity contribution is 7.47. The molecule has 0 radical (unpaired) electrons. The molecule has 0 aromatic carbocycles. The third kappa shape index (κ3) is 31.4. The van der Waals surface area contributed by atoms with E-state index >= 15 is 0 Å². The lowest BCUT2D eigenvalue weighted by Crippen LogP contribution is -2.45. The maximum absolute atomic E-state index is 12.7. The van der Waals surface area contributed by atoms with Crippen LogP contribution in [0.25, 0.3) is 0 Å². The standard InChI is InChI=1S/C36H71N2O6P/c1-6-8-10-12-14-16-17-18-19-20-21-22-24-26-28-30-36(40)37-34(33-44-45(41,42)43-32-31-38(3,4)5)35(39)29-27-25-23-15-13-11-9-7-2/h18-19,27,29,34-35,39H,6-17,20-26,28,30-33H2,1-5H3,(H-,37,40,41,42)/p+1/b19-18-,29-27+. The van der Waals surface area contributed by atoms with Crippen molar-refractivity contribution in [1.29, 1.82) is 0 Å². The molecule has 3 N–H and O–H groups in total. The van der Waals surface area contributed by atoms with Gasteiger partial charge in [-0.1, -0.05) is 122 Å². The second-order valence-electron chi connectivity index (χ2n) is 13.6. The molecule has 45 heavy (non-hydrogen) atoms. The van der Waals surface area contributed by atoms with Gasteiger partial charge < -0.3 is 19.8 Å². The average Bonchev–Trinajstić information content (AvgIpc) is 2.97. The summed E-state index contributed by atoms with van der Waals surface area (Å²) in [4.78, 5) is 22.9. The van der Waals surface area contributed by atoms with Crippen LogP contribution in [0.3, 0.4) is 0 Å². The van der Waals surface area contributed by atoms with Gasteiger partial charge in [-0.15, -0.1) is 0 Å². The van der Waals surface area contributed by atoms with Crippen LogP contribution in [0.2, 0.25) is 0 Å². The monoisotopic (exact) mass is 660 g/mol. The van der Waals surface area contributed by atoms with Gasteiger partial charge in [-0.25, -0.2) is 4.57 Å². The highest BCUT2D eigenvalue weighted by atomic mass is 31.2. The van der Waals surface area contributed by atoms with Crippen molar-refractivity contribution in [2.45, 2.75) is 161 Å². The molecule has 1 amide bonds. The van der Waals surface area contributed by atoms with Crippen LogP contribution in [-0.4, -0.2) is 73.4 Å². The van der Waals surface area contributed by atoms with Crippen molar-refractivity contribution in [3.8, 4) is 0 Å². The van der Waals surface area contributed by atoms with Crippen molar-refractivity contribution in [2.24, 2.45) is 0 Å². The molecule has 0 fully saturated rings. The van der Waals surface area contributed by atoms with E-state index in [1.165, 1.54) is 77.0 Å². The number of carbonyl (C=O) groups is 1. The van der Waals surface area contributed by atoms with E-state index in [0.29, 0.717) is 17.4 Å². The molecule has 0 bridgehead atoms. The molecule has 0 heterocycles. The molecule has 0 spiro atoms. The zero-order valence-corrected chi connectivity index (χ0v) is 30.8. The highest BCUT2D eigenvalue weighted by Crippen LogP contribution is 2.43. The van der Waals surface area contributed by atoms with E-state index in [0.717, 1.165) is 51.4 Å². The minimum Gasteiger partial charge on any atom is -0.387 e. The summed E-state index contributed by atoms with van der Waals surface area (Å²) in [6, 6.07) is -0.844. The third-order valence-corrected chi connectivity index (χ3v) is 8.90. The predicted molar refractivity (Wildman–Crippen MR) is 189 cm³/mol. The number of allylic oxidation sites excluding steroid dienone is 3. The maximum atomic E-state index is 12.7. The Morgan fingerprint density at radius 1 is 0.733 bits per heavy atom. The van der Waals surface area contributed by atoms with Crippen molar-refractivity contribution in [1.82, 2.24) is 5.32 Å². The van der Waals surface area contributed by atoms with Crippen molar-refractivity contribution in [2.75, 3.05) is 40.9 Å². The molecule has 0 aromatic heterocycles. The number of unbranched alkanes of at least 4 members (excludes halogenated alkanes) is 17. The Kier molecular flexibility index (Phi) is 28.5. The second-order valence-corrected chi connectivity index (χ2v) is 15.0. The first-order valence-electron chi connectivity index (χ1n) is 18.2. The lowest BCUT2D eigenvalue weighted by Gasteiger charge is -2.25. The summed E-state index contributed by atoms with van der Waals surface area (Å²) in [5, 5.41) is 13.6. The average molecular weight is 660 g/mol. The summed E-state index contributed by atoms with van der Waals surface area (Å²) in [7, 11) is 1.56. The number of likely N-dealkylation sites (N-methyl/N-ethyl adjacent to an activating group) is 1. The Morgan fingerprint density at radius 3 is 1.71 bits per heavy atom. The molecule has 9 heteroatoms. The number of nitrogens with one attached hydrogen (secondary N) is 1. The molecule has 0 saturated heterocycles. The molecule has 0 aromatic rings. The maximum Gasteiger partial charge on any atom is 0.472 e. The Balaban J connectivity index is 4.49. The number of hydrogen-bond donors (Lipinski definition) is 3. The summed E-state index contributed by atoms with van der Waals surface area (Å²) in [6.45, 7) is 4.73. The Labute approximate surface area is 277 Å². The van der Waals surface area contributed by atoms with E-state index in [1.54, 1.807) is 6.08 Å². The largest absolute Gasteiger partial charge is 0.472 e. The summed E-state index contributed by atoms with van der Waals surface area (Å²) in [5.74, 6) is -0.191. The second kappa shape index (κ2) is 29.1. The van der Waals surface area contributed by atoms with Gasteiger partial charge in [-0.2, -0.15) is 0 Å². The van der Waals surface area contributed by atoms with E-state index in [2.05, 4.69) is 31.3 Å². The van der Waals surface area contributed by atoms with Crippen LogP contribution in [0, 0.1) is 0 Å². The molecule has 3 unspecified atom stereocenters. The van der Waals surface area contributed by atoms with Crippen LogP contribution in [0.1, 0.15) is 149 Å². The molecule has 266 valence electrons. The summed E-state index contributed by atoms with van der Waals surface area (Å²) >= 11 is 0. The number of hydrogen-bond acceptors (Lipinski definition) is 5. The molecular weight excluding hydrogens is 587 g/mol. The third-order valence-electron chi connectivity index (χ3n) is 7.92. The summed E-state index contributed by atoms with van der Waals surface area (Å²) in [5.41, 5.74) is 0. The predicted octanol–water partition coefficient (Wildman–Crippen LogP) is 9.02. The number of phosphoric ester groups is 1. The van der Waals surface area contributed by atoms with E-state index in [1.807, 2.05) is 27.2 Å². The van der Waals surface area contributed by atoms with Gasteiger partial charge in [-0.05, 0) is 44.9 Å². The minimum absolute atomic E-state index is 0.0600. The van der Waals surface area contributed by atoms with Crippen molar-refractivity contribution >= 4 is 13.7 Å². The van der Waals surface area contributed by atoms with E-state index in [-0.39, 0.29) is 19.1 Å². The van der Waals surface area contributed by atoms with Crippen LogP contribution < -0.4 is 5.32 Å². The fourth-order valence-corrected chi connectivity index (χ4v) is 5.65. The number of amides is 1. The first-order valence-corrected chi connectivity index (χ1v) is 19.7. The van der Waals surface area contributed by atoms with Crippen LogP contribution in [-0.2, 0) is 18.4 Å². The molecule has 0 aliphatic carbocycles. The SMILES string of the molecule is CCCCCCCC/C=C\CCCCCCCC(=O)NC(COP(=O)(O)OCC[N+](C)(C)C)C(O)/C=C/CCCCCCCC. The van der Waals surface area contributed by atoms with Crippen LogP contribution in [0.4, 0.5) is 0 Å². The van der Waals surface area contributed by atoms with E-state index < -0.39 is 20.0 Å². The number of nitrogens with zero attached hydrogens (tertiary/aromatic N) is 1. The smallest absolute Gasteiger partial charge is 0.387 e. The van der Waals surface area contributed by atoms with Crippen LogP contribution in [0.15, 0.2) is 24.3 Å². The van der Waals surface area contributed by atoms with Gasteiger partial charge in [0.05, 0.1) is 39.9 Å². The number of quaternary nitrogens is 1. The van der Waals surface area contributed by atoms with Crippen molar-refractivity contribution in [3.63, 3.8) is 0 Å². The lowest BCUT2D eigenvalue weighted by atomic mass is 10.1. The summed E-state index contributed by atoms with van der Waals surface area (Å²) < 4.78 is 23.3. The highest BCUT2D eigenvalue weighted by Gasteiger charge is 2.27. The zero-order valence-electron chi connectivity index (χ0n) is 29.9. The number of rotatable bonds is 32. The molecule has 8 nitrogen and oxygen atoms in total. The first-order chi connectivity index (χ1) is 21.5. The topological polar surface area (TPSA) is 105 Å². The Bertz CT molecular complexity index is 799. The van der Waals surface area contributed by atoms with Crippen LogP contribution in [0.5, 0.6) is 0 Å². The quantitative estimate of drug-likeness (QED) is 0.0288. The first kappa shape index (κ1) is 44.0. The normalized spacial score (nSPS) is 15.1. The van der Waals surface area contributed by atoms with Gasteiger partial charge in [0.25, 0.3) is 0 Å².